The molecule has 0 bridgehead atoms. The number of rotatable bonds is 4. The van der Waals surface area contributed by atoms with Crippen LogP contribution in [0, 0.1) is 5.82 Å². The summed E-state index contributed by atoms with van der Waals surface area (Å²) in [7, 11) is 0. The van der Waals surface area contributed by atoms with E-state index in [4.69, 9.17) is 5.73 Å². The van der Waals surface area contributed by atoms with Crippen molar-refractivity contribution in [3.63, 3.8) is 0 Å². The zero-order valence-electron chi connectivity index (χ0n) is 13.9. The highest BCUT2D eigenvalue weighted by Crippen LogP contribution is 2.28. The Morgan fingerprint density at radius 1 is 0.962 bits per heavy atom. The number of fused-ring (bicyclic) bond motifs is 3. The van der Waals surface area contributed by atoms with Crippen molar-refractivity contribution in [3.05, 3.63) is 77.2 Å². The molecular formula is C21H16FN3O. The number of benzene rings is 2. The summed E-state index contributed by atoms with van der Waals surface area (Å²) in [6.45, 7) is 0. The SMILES string of the molecule is Nc1nc2cc(F)ccc2c2cc(CCc3ccc(C=O)cc3)cnc12. The molecule has 0 fully saturated rings. The van der Waals surface area contributed by atoms with Gasteiger partial charge in [-0.1, -0.05) is 24.3 Å². The number of halogens is 1. The average molecular weight is 345 g/mol. The van der Waals surface area contributed by atoms with Gasteiger partial charge in [-0.05, 0) is 42.2 Å². The molecule has 2 N–H and O–H groups in total. The number of carbonyl (C=O) groups excluding carboxylic acids is 1. The van der Waals surface area contributed by atoms with Crippen molar-refractivity contribution >= 4 is 33.9 Å². The Labute approximate surface area is 149 Å². The topological polar surface area (TPSA) is 68.9 Å². The molecule has 0 atom stereocenters. The number of nitrogen functional groups attached to an aromatic ring is 1. The number of nitrogens with two attached hydrogens (primary N) is 1. The Balaban J connectivity index is 1.69. The molecule has 0 saturated heterocycles. The molecule has 0 aliphatic carbocycles. The third-order valence-electron chi connectivity index (χ3n) is 4.50. The third-order valence-corrected chi connectivity index (χ3v) is 4.50. The van der Waals surface area contributed by atoms with Gasteiger partial charge >= 0.3 is 0 Å². The number of carbonyl (C=O) groups is 1. The first-order valence-corrected chi connectivity index (χ1v) is 8.31. The lowest BCUT2D eigenvalue weighted by atomic mass is 10.0. The van der Waals surface area contributed by atoms with Crippen LogP contribution < -0.4 is 5.73 Å². The molecule has 0 aliphatic rings. The van der Waals surface area contributed by atoms with Gasteiger partial charge in [0.1, 0.15) is 17.6 Å². The van der Waals surface area contributed by atoms with Gasteiger partial charge in [-0.15, -0.1) is 0 Å². The molecule has 0 aliphatic heterocycles. The number of aromatic nitrogens is 2. The number of hydrogen-bond acceptors (Lipinski definition) is 4. The first kappa shape index (κ1) is 16.1. The van der Waals surface area contributed by atoms with Crippen LogP contribution in [0.15, 0.2) is 54.7 Å². The molecule has 2 aromatic carbocycles. The highest BCUT2D eigenvalue weighted by atomic mass is 19.1. The summed E-state index contributed by atoms with van der Waals surface area (Å²) >= 11 is 0. The summed E-state index contributed by atoms with van der Waals surface area (Å²) in [5.74, 6) is -0.0410. The highest BCUT2D eigenvalue weighted by molar-refractivity contribution is 6.08. The Bertz CT molecular complexity index is 1120. The number of anilines is 1. The van der Waals surface area contributed by atoms with Crippen LogP contribution in [0.2, 0.25) is 0 Å². The normalized spacial score (nSPS) is 11.1. The maximum absolute atomic E-state index is 13.5. The largest absolute Gasteiger partial charge is 0.382 e. The predicted octanol–water partition coefficient (Wildman–Crippen LogP) is 4.10. The molecule has 4 aromatic rings. The second-order valence-electron chi connectivity index (χ2n) is 6.26. The van der Waals surface area contributed by atoms with E-state index in [-0.39, 0.29) is 5.82 Å². The molecular weight excluding hydrogens is 329 g/mol. The van der Waals surface area contributed by atoms with Crippen molar-refractivity contribution in [2.75, 3.05) is 5.73 Å². The van der Waals surface area contributed by atoms with Crippen molar-refractivity contribution in [3.8, 4) is 0 Å². The van der Waals surface area contributed by atoms with E-state index in [9.17, 15) is 9.18 Å². The minimum absolute atomic E-state index is 0.300. The summed E-state index contributed by atoms with van der Waals surface area (Å²) in [6, 6.07) is 14.1. The first-order chi connectivity index (χ1) is 12.6. The van der Waals surface area contributed by atoms with Crippen molar-refractivity contribution in [1.29, 1.82) is 0 Å². The summed E-state index contributed by atoms with van der Waals surface area (Å²) in [5, 5.41) is 1.71. The van der Waals surface area contributed by atoms with E-state index in [1.165, 1.54) is 12.1 Å². The molecule has 0 saturated carbocycles. The van der Waals surface area contributed by atoms with Crippen LogP contribution in [0.5, 0.6) is 0 Å². The molecule has 5 heteroatoms. The molecule has 0 amide bonds. The molecule has 128 valence electrons. The summed E-state index contributed by atoms with van der Waals surface area (Å²) < 4.78 is 13.5. The average Bonchev–Trinajstić information content (AvgIpc) is 2.66. The molecule has 4 rings (SSSR count). The van der Waals surface area contributed by atoms with Gasteiger partial charge in [0.05, 0.1) is 5.52 Å². The fourth-order valence-corrected chi connectivity index (χ4v) is 3.11. The molecule has 2 heterocycles. The van der Waals surface area contributed by atoms with Gasteiger partial charge in [-0.2, -0.15) is 0 Å². The van der Waals surface area contributed by atoms with E-state index in [0.29, 0.717) is 22.4 Å². The molecule has 4 nitrogen and oxygen atoms in total. The zero-order chi connectivity index (χ0) is 18.1. The van der Waals surface area contributed by atoms with Gasteiger partial charge in [0.2, 0.25) is 0 Å². The standard InChI is InChI=1S/C21H16FN3O/c22-16-7-8-17-18-9-15(6-3-13-1-4-14(12-26)5-2-13)11-24-20(18)21(23)25-19(17)10-16/h1-2,4-5,7-12H,3,6H2,(H2,23,25). The van der Waals surface area contributed by atoms with Crippen LogP contribution in [0.25, 0.3) is 21.8 Å². The van der Waals surface area contributed by atoms with E-state index in [0.717, 1.165) is 41.0 Å². The second kappa shape index (κ2) is 6.52. The maximum atomic E-state index is 13.5. The lowest BCUT2D eigenvalue weighted by molar-refractivity contribution is 0.112. The number of hydrogen-bond donors (Lipinski definition) is 1. The number of nitrogens with zero attached hydrogens (tertiary/aromatic N) is 2. The Kier molecular flexibility index (Phi) is 4.05. The van der Waals surface area contributed by atoms with Crippen molar-refractivity contribution in [2.24, 2.45) is 0 Å². The lowest BCUT2D eigenvalue weighted by Crippen LogP contribution is -1.98. The molecule has 0 spiro atoms. The Morgan fingerprint density at radius 2 is 1.73 bits per heavy atom. The number of aryl methyl sites for hydroxylation is 2. The third kappa shape index (κ3) is 2.99. The fraction of sp³-hybridized carbons (Fsp3) is 0.0952. The van der Waals surface area contributed by atoms with E-state index in [1.807, 2.05) is 30.3 Å². The van der Waals surface area contributed by atoms with Gasteiger partial charge in [0.15, 0.2) is 5.82 Å². The van der Waals surface area contributed by atoms with Crippen LogP contribution in [0.3, 0.4) is 0 Å². The predicted molar refractivity (Wildman–Crippen MR) is 101 cm³/mol. The maximum Gasteiger partial charge on any atom is 0.150 e. The monoisotopic (exact) mass is 345 g/mol. The van der Waals surface area contributed by atoms with Crippen LogP contribution in [-0.4, -0.2) is 16.3 Å². The Hall–Kier alpha value is -3.34. The lowest BCUT2D eigenvalue weighted by Gasteiger charge is -2.08. The molecule has 2 aromatic heterocycles. The van der Waals surface area contributed by atoms with Crippen LogP contribution in [0.1, 0.15) is 21.5 Å². The molecule has 0 unspecified atom stereocenters. The smallest absolute Gasteiger partial charge is 0.150 e. The molecule has 26 heavy (non-hydrogen) atoms. The zero-order valence-corrected chi connectivity index (χ0v) is 13.9. The highest BCUT2D eigenvalue weighted by Gasteiger charge is 2.09. The van der Waals surface area contributed by atoms with Gasteiger partial charge in [0, 0.05) is 28.6 Å². The van der Waals surface area contributed by atoms with Crippen molar-refractivity contribution in [1.82, 2.24) is 9.97 Å². The van der Waals surface area contributed by atoms with Gasteiger partial charge in [-0.3, -0.25) is 9.78 Å². The number of pyridine rings is 2. The van der Waals surface area contributed by atoms with E-state index >= 15 is 0 Å². The fourth-order valence-electron chi connectivity index (χ4n) is 3.11. The summed E-state index contributed by atoms with van der Waals surface area (Å²) in [5.41, 5.74) is 10.0. The van der Waals surface area contributed by atoms with E-state index in [1.54, 1.807) is 12.3 Å². The Morgan fingerprint density at radius 3 is 2.50 bits per heavy atom. The quantitative estimate of drug-likeness (QED) is 0.446. The molecule has 0 radical (unpaired) electrons. The minimum atomic E-state index is -0.341. The summed E-state index contributed by atoms with van der Waals surface area (Å²) in [4.78, 5) is 19.4. The van der Waals surface area contributed by atoms with Crippen LogP contribution in [-0.2, 0) is 12.8 Å². The minimum Gasteiger partial charge on any atom is -0.382 e. The van der Waals surface area contributed by atoms with Gasteiger partial charge in [0.25, 0.3) is 0 Å². The van der Waals surface area contributed by atoms with Crippen molar-refractivity contribution < 1.29 is 9.18 Å². The second-order valence-corrected chi connectivity index (χ2v) is 6.26. The van der Waals surface area contributed by atoms with E-state index < -0.39 is 0 Å². The van der Waals surface area contributed by atoms with Gasteiger partial charge < -0.3 is 5.73 Å². The van der Waals surface area contributed by atoms with Crippen LogP contribution in [0.4, 0.5) is 10.2 Å². The van der Waals surface area contributed by atoms with Gasteiger partial charge in [-0.25, -0.2) is 9.37 Å². The first-order valence-electron chi connectivity index (χ1n) is 8.31. The van der Waals surface area contributed by atoms with E-state index in [2.05, 4.69) is 9.97 Å². The van der Waals surface area contributed by atoms with Crippen molar-refractivity contribution in [2.45, 2.75) is 12.8 Å². The number of aldehydes is 1. The van der Waals surface area contributed by atoms with Crippen LogP contribution >= 0.6 is 0 Å². The summed E-state index contributed by atoms with van der Waals surface area (Å²) in [6.07, 6.45) is 4.27.